The molecule has 0 saturated carbocycles. The topological polar surface area (TPSA) is 62.7 Å². The second-order valence-corrected chi connectivity index (χ2v) is 5.05. The molecule has 2 heterocycles. The minimum Gasteiger partial charge on any atom is -0.329 e. The number of anilines is 1. The highest BCUT2D eigenvalue weighted by atomic mass is 35.5. The summed E-state index contributed by atoms with van der Waals surface area (Å²) in [5.74, 6) is 0.0463. The van der Waals surface area contributed by atoms with Crippen molar-refractivity contribution in [1.82, 2.24) is 14.5 Å². The number of nitrogens with zero attached hydrogens (tertiary/aromatic N) is 2. The van der Waals surface area contributed by atoms with Crippen molar-refractivity contribution < 1.29 is 4.79 Å². The highest BCUT2D eigenvalue weighted by Crippen LogP contribution is 2.25. The van der Waals surface area contributed by atoms with Crippen molar-refractivity contribution in [3.8, 4) is 0 Å². The van der Waals surface area contributed by atoms with Crippen LogP contribution in [0.25, 0.3) is 11.0 Å². The van der Waals surface area contributed by atoms with E-state index in [2.05, 4.69) is 15.3 Å². The SMILES string of the molecule is Cn1c(C(=O)Nc2nc3ccccc3[nH]2)cc(Cl)c1Cl. The van der Waals surface area contributed by atoms with Crippen LogP contribution in [0, 0.1) is 0 Å². The van der Waals surface area contributed by atoms with Crippen molar-refractivity contribution in [1.29, 1.82) is 0 Å². The maximum absolute atomic E-state index is 12.2. The Kier molecular flexibility index (Phi) is 3.16. The largest absolute Gasteiger partial charge is 0.329 e. The maximum Gasteiger partial charge on any atom is 0.274 e. The molecule has 0 spiro atoms. The molecule has 0 radical (unpaired) electrons. The highest BCUT2D eigenvalue weighted by molar-refractivity contribution is 6.42. The number of carbonyl (C=O) groups is 1. The van der Waals surface area contributed by atoms with E-state index in [-0.39, 0.29) is 5.91 Å². The maximum atomic E-state index is 12.2. The molecule has 0 fully saturated rings. The first-order valence-corrected chi connectivity index (χ1v) is 6.58. The monoisotopic (exact) mass is 308 g/mol. The summed E-state index contributed by atoms with van der Waals surface area (Å²) in [6, 6.07) is 9.03. The molecule has 2 N–H and O–H groups in total. The van der Waals surface area contributed by atoms with Gasteiger partial charge < -0.3 is 9.55 Å². The van der Waals surface area contributed by atoms with Gasteiger partial charge in [-0.25, -0.2) is 4.98 Å². The molecule has 5 nitrogen and oxygen atoms in total. The van der Waals surface area contributed by atoms with Crippen molar-refractivity contribution in [3.63, 3.8) is 0 Å². The molecule has 0 atom stereocenters. The smallest absolute Gasteiger partial charge is 0.274 e. The minimum absolute atomic E-state index is 0.321. The van der Waals surface area contributed by atoms with Crippen molar-refractivity contribution in [2.24, 2.45) is 7.05 Å². The second-order valence-electron chi connectivity index (χ2n) is 4.28. The van der Waals surface area contributed by atoms with Gasteiger partial charge in [0.25, 0.3) is 5.91 Å². The number of para-hydroxylation sites is 2. The molecule has 0 saturated heterocycles. The van der Waals surface area contributed by atoms with Gasteiger partial charge in [0.15, 0.2) is 0 Å². The standard InChI is InChI=1S/C13H10Cl2N4O/c1-19-10(6-7(14)11(19)15)12(20)18-13-16-8-4-2-3-5-9(8)17-13/h2-6H,1H3,(H2,16,17,18,20). The number of hydrogen-bond donors (Lipinski definition) is 2. The molecule has 1 amide bonds. The molecule has 2 aromatic heterocycles. The molecular formula is C13H10Cl2N4O. The Bertz CT molecular complexity index is 773. The molecule has 20 heavy (non-hydrogen) atoms. The molecule has 102 valence electrons. The van der Waals surface area contributed by atoms with Crippen LogP contribution in [0.5, 0.6) is 0 Å². The van der Waals surface area contributed by atoms with Crippen LogP contribution in [0.15, 0.2) is 30.3 Å². The van der Waals surface area contributed by atoms with Crippen LogP contribution in [0.1, 0.15) is 10.5 Å². The number of amides is 1. The van der Waals surface area contributed by atoms with Crippen molar-refractivity contribution in [3.05, 3.63) is 46.2 Å². The number of imidazole rings is 1. The molecule has 0 aliphatic rings. The first-order valence-electron chi connectivity index (χ1n) is 5.83. The van der Waals surface area contributed by atoms with Crippen molar-refractivity contribution in [2.75, 3.05) is 5.32 Å². The van der Waals surface area contributed by atoms with Crippen LogP contribution in [-0.4, -0.2) is 20.4 Å². The van der Waals surface area contributed by atoms with Gasteiger partial charge in [-0.15, -0.1) is 0 Å². The molecule has 3 rings (SSSR count). The predicted molar refractivity (Wildman–Crippen MR) is 79.5 cm³/mol. The number of hydrogen-bond acceptors (Lipinski definition) is 2. The van der Waals surface area contributed by atoms with E-state index in [4.69, 9.17) is 23.2 Å². The number of H-pyrrole nitrogens is 1. The van der Waals surface area contributed by atoms with Gasteiger partial charge in [-0.3, -0.25) is 10.1 Å². The Morgan fingerprint density at radius 1 is 1.35 bits per heavy atom. The number of carbonyl (C=O) groups excluding carboxylic acids is 1. The Morgan fingerprint density at radius 3 is 2.75 bits per heavy atom. The van der Waals surface area contributed by atoms with Gasteiger partial charge in [0.05, 0.1) is 16.1 Å². The lowest BCUT2D eigenvalue weighted by molar-refractivity contribution is 0.101. The molecule has 0 aliphatic carbocycles. The van der Waals surface area contributed by atoms with Crippen LogP contribution in [0.3, 0.4) is 0 Å². The zero-order valence-corrected chi connectivity index (χ0v) is 12.0. The minimum atomic E-state index is -0.333. The molecule has 7 heteroatoms. The van der Waals surface area contributed by atoms with Gasteiger partial charge in [-0.05, 0) is 18.2 Å². The molecule has 3 aromatic rings. The molecule has 0 bridgehead atoms. The third-order valence-electron chi connectivity index (χ3n) is 2.97. The molecular weight excluding hydrogens is 299 g/mol. The summed E-state index contributed by atoms with van der Waals surface area (Å²) in [6.07, 6.45) is 0. The highest BCUT2D eigenvalue weighted by Gasteiger charge is 2.16. The van der Waals surface area contributed by atoms with Gasteiger partial charge in [-0.2, -0.15) is 0 Å². The van der Waals surface area contributed by atoms with Crippen LogP contribution >= 0.6 is 23.2 Å². The summed E-state index contributed by atoms with van der Waals surface area (Å²) in [6.45, 7) is 0. The quantitative estimate of drug-likeness (QED) is 0.761. The van der Waals surface area contributed by atoms with Gasteiger partial charge in [-0.1, -0.05) is 35.3 Å². The normalized spacial score (nSPS) is 10.9. The van der Waals surface area contributed by atoms with Crippen molar-refractivity contribution in [2.45, 2.75) is 0 Å². The van der Waals surface area contributed by atoms with E-state index in [1.54, 1.807) is 7.05 Å². The first-order chi connectivity index (χ1) is 9.56. The fourth-order valence-electron chi connectivity index (χ4n) is 1.94. The predicted octanol–water partition coefficient (Wildman–Crippen LogP) is 3.46. The number of rotatable bonds is 2. The Labute approximate surface area is 124 Å². The van der Waals surface area contributed by atoms with Crippen LogP contribution < -0.4 is 5.32 Å². The average Bonchev–Trinajstić information content (AvgIpc) is 2.94. The van der Waals surface area contributed by atoms with E-state index in [1.165, 1.54) is 10.6 Å². The van der Waals surface area contributed by atoms with E-state index in [0.717, 1.165) is 11.0 Å². The van der Waals surface area contributed by atoms with Crippen LogP contribution in [-0.2, 0) is 7.05 Å². The van der Waals surface area contributed by atoms with Gasteiger partial charge in [0.2, 0.25) is 5.95 Å². The Morgan fingerprint density at radius 2 is 2.10 bits per heavy atom. The fourth-order valence-corrected chi connectivity index (χ4v) is 2.32. The van der Waals surface area contributed by atoms with Gasteiger partial charge in [0, 0.05) is 7.05 Å². The second kappa shape index (κ2) is 4.85. The van der Waals surface area contributed by atoms with Gasteiger partial charge in [0.1, 0.15) is 10.8 Å². The number of halogens is 2. The number of nitrogens with one attached hydrogen (secondary N) is 2. The van der Waals surface area contributed by atoms with Crippen LogP contribution in [0.4, 0.5) is 5.95 Å². The number of aromatic nitrogens is 3. The van der Waals surface area contributed by atoms with Crippen molar-refractivity contribution >= 4 is 46.1 Å². The Balaban J connectivity index is 1.90. The Hall–Kier alpha value is -1.98. The van der Waals surface area contributed by atoms with E-state index in [0.29, 0.717) is 21.8 Å². The van der Waals surface area contributed by atoms with Gasteiger partial charge >= 0.3 is 0 Å². The first kappa shape index (κ1) is 13.0. The fraction of sp³-hybridized carbons (Fsp3) is 0.0769. The van der Waals surface area contributed by atoms with E-state index < -0.39 is 0 Å². The summed E-state index contributed by atoms with van der Waals surface area (Å²) in [5, 5.41) is 3.34. The summed E-state index contributed by atoms with van der Waals surface area (Å²) >= 11 is 11.8. The summed E-state index contributed by atoms with van der Waals surface area (Å²) in [5.41, 5.74) is 2.00. The number of benzene rings is 1. The lowest BCUT2D eigenvalue weighted by Crippen LogP contribution is -2.16. The average molecular weight is 309 g/mol. The molecule has 1 aromatic carbocycles. The third kappa shape index (κ3) is 2.15. The van der Waals surface area contributed by atoms with Crippen LogP contribution in [0.2, 0.25) is 10.2 Å². The lowest BCUT2D eigenvalue weighted by atomic mass is 10.3. The number of fused-ring (bicyclic) bond motifs is 1. The number of aromatic amines is 1. The zero-order chi connectivity index (χ0) is 14.3. The molecule has 0 unspecified atom stereocenters. The summed E-state index contributed by atoms with van der Waals surface area (Å²) in [4.78, 5) is 19.5. The lowest BCUT2D eigenvalue weighted by Gasteiger charge is -2.03. The van der Waals surface area contributed by atoms with E-state index in [1.807, 2.05) is 24.3 Å². The summed E-state index contributed by atoms with van der Waals surface area (Å²) < 4.78 is 1.52. The molecule has 0 aliphatic heterocycles. The zero-order valence-electron chi connectivity index (χ0n) is 10.4. The summed E-state index contributed by atoms with van der Waals surface area (Å²) in [7, 11) is 1.67. The van der Waals surface area contributed by atoms with E-state index in [9.17, 15) is 4.79 Å². The third-order valence-corrected chi connectivity index (χ3v) is 3.81. The van der Waals surface area contributed by atoms with E-state index >= 15 is 0 Å².